The van der Waals surface area contributed by atoms with Crippen LogP contribution in [0.25, 0.3) is 0 Å². The number of pyridine rings is 1. The number of benzene rings is 2. The summed E-state index contributed by atoms with van der Waals surface area (Å²) in [5.41, 5.74) is -0.472. The zero-order chi connectivity index (χ0) is 21.2. The van der Waals surface area contributed by atoms with Crippen molar-refractivity contribution in [2.45, 2.75) is 19.6 Å². The molecule has 0 aliphatic heterocycles. The molecule has 1 heterocycles. The maximum absolute atomic E-state index is 13.6. The second kappa shape index (κ2) is 7.90. The standard InChI is InChI=1S/C21H16F4N2O2/c1-13-4-9-16(11-18(13)22)26-19(28)17-3-2-10-27(20(17)29)12-14-5-7-15(8-6-14)21(23,24)25/h2-11H,12H2,1H3,(H,26,28). The maximum Gasteiger partial charge on any atom is 0.416 e. The Kier molecular flexibility index (Phi) is 5.54. The van der Waals surface area contributed by atoms with Gasteiger partial charge in [-0.3, -0.25) is 9.59 Å². The Balaban J connectivity index is 1.81. The van der Waals surface area contributed by atoms with Crippen LogP contribution in [0.15, 0.2) is 65.6 Å². The normalized spacial score (nSPS) is 11.3. The number of nitrogens with one attached hydrogen (secondary N) is 1. The fourth-order valence-corrected chi connectivity index (χ4v) is 2.70. The first-order valence-corrected chi connectivity index (χ1v) is 8.58. The summed E-state index contributed by atoms with van der Waals surface area (Å²) in [6, 6.07) is 11.4. The van der Waals surface area contributed by atoms with Crippen LogP contribution < -0.4 is 10.9 Å². The van der Waals surface area contributed by atoms with Crippen LogP contribution in [0.1, 0.15) is 27.0 Å². The molecular formula is C21H16F4N2O2. The number of aryl methyl sites for hydroxylation is 1. The second-order valence-corrected chi connectivity index (χ2v) is 6.47. The maximum atomic E-state index is 13.6. The van der Waals surface area contributed by atoms with Gasteiger partial charge in [0.2, 0.25) is 0 Å². The summed E-state index contributed by atoms with van der Waals surface area (Å²) in [5.74, 6) is -1.20. The third-order valence-electron chi connectivity index (χ3n) is 4.33. The molecule has 0 atom stereocenters. The number of alkyl halides is 3. The van der Waals surface area contributed by atoms with E-state index in [9.17, 15) is 27.2 Å². The Bertz CT molecular complexity index is 1100. The first-order valence-electron chi connectivity index (χ1n) is 8.58. The van der Waals surface area contributed by atoms with Crippen LogP contribution in [0.5, 0.6) is 0 Å². The number of carbonyl (C=O) groups is 1. The summed E-state index contributed by atoms with van der Waals surface area (Å²) in [4.78, 5) is 25.0. The molecule has 1 amide bonds. The van der Waals surface area contributed by atoms with Crippen molar-refractivity contribution in [3.63, 3.8) is 0 Å². The molecule has 150 valence electrons. The molecule has 3 rings (SSSR count). The van der Waals surface area contributed by atoms with Crippen LogP contribution in [0.3, 0.4) is 0 Å². The Morgan fingerprint density at radius 1 is 1.07 bits per heavy atom. The van der Waals surface area contributed by atoms with Crippen molar-refractivity contribution in [3.05, 3.63) is 99.2 Å². The zero-order valence-corrected chi connectivity index (χ0v) is 15.3. The van der Waals surface area contributed by atoms with Crippen LogP contribution in [0.4, 0.5) is 23.2 Å². The van der Waals surface area contributed by atoms with Gasteiger partial charge >= 0.3 is 6.18 Å². The number of amides is 1. The van der Waals surface area contributed by atoms with Crippen LogP contribution in [-0.2, 0) is 12.7 Å². The number of rotatable bonds is 4. The smallest absolute Gasteiger partial charge is 0.322 e. The van der Waals surface area contributed by atoms with Crippen molar-refractivity contribution in [2.24, 2.45) is 0 Å². The Morgan fingerprint density at radius 2 is 1.76 bits per heavy atom. The van der Waals surface area contributed by atoms with Gasteiger partial charge in [-0.2, -0.15) is 13.2 Å². The molecule has 1 N–H and O–H groups in total. The molecule has 0 fully saturated rings. The van der Waals surface area contributed by atoms with E-state index in [4.69, 9.17) is 0 Å². The zero-order valence-electron chi connectivity index (χ0n) is 15.3. The fraction of sp³-hybridized carbons (Fsp3) is 0.143. The molecule has 0 saturated carbocycles. The average molecular weight is 404 g/mol. The van der Waals surface area contributed by atoms with Crippen LogP contribution >= 0.6 is 0 Å². The van der Waals surface area contributed by atoms with Crippen molar-refractivity contribution in [2.75, 3.05) is 5.32 Å². The monoisotopic (exact) mass is 404 g/mol. The molecule has 0 bridgehead atoms. The van der Waals surface area contributed by atoms with E-state index >= 15 is 0 Å². The molecule has 29 heavy (non-hydrogen) atoms. The minimum atomic E-state index is -4.44. The minimum Gasteiger partial charge on any atom is -0.322 e. The van der Waals surface area contributed by atoms with Crippen molar-refractivity contribution in [1.29, 1.82) is 0 Å². The molecule has 0 aliphatic carbocycles. The van der Waals surface area contributed by atoms with Gasteiger partial charge in [0.1, 0.15) is 11.4 Å². The quantitative estimate of drug-likeness (QED) is 0.646. The number of hydrogen-bond acceptors (Lipinski definition) is 2. The lowest BCUT2D eigenvalue weighted by molar-refractivity contribution is -0.137. The number of hydrogen-bond donors (Lipinski definition) is 1. The van der Waals surface area contributed by atoms with E-state index in [2.05, 4.69) is 5.32 Å². The molecule has 3 aromatic rings. The number of halogens is 4. The van der Waals surface area contributed by atoms with Gasteiger partial charge in [0.15, 0.2) is 0 Å². The predicted octanol–water partition coefficient (Wildman–Crippen LogP) is 4.62. The number of aromatic nitrogens is 1. The SMILES string of the molecule is Cc1ccc(NC(=O)c2cccn(Cc3ccc(C(F)(F)F)cc3)c2=O)cc1F. The highest BCUT2D eigenvalue weighted by Crippen LogP contribution is 2.29. The average Bonchev–Trinajstić information content (AvgIpc) is 2.66. The van der Waals surface area contributed by atoms with Gasteiger partial charge in [-0.25, -0.2) is 4.39 Å². The predicted molar refractivity (Wildman–Crippen MR) is 100 cm³/mol. The van der Waals surface area contributed by atoms with E-state index in [0.717, 1.165) is 18.2 Å². The third kappa shape index (κ3) is 4.71. The summed E-state index contributed by atoms with van der Waals surface area (Å²) in [6.45, 7) is 1.58. The van der Waals surface area contributed by atoms with Crippen LogP contribution in [-0.4, -0.2) is 10.5 Å². The number of nitrogens with zero attached hydrogens (tertiary/aromatic N) is 1. The van der Waals surface area contributed by atoms with Crippen molar-refractivity contribution in [1.82, 2.24) is 4.57 Å². The Labute approximate surface area is 163 Å². The number of anilines is 1. The summed E-state index contributed by atoms with van der Waals surface area (Å²) >= 11 is 0. The molecule has 0 saturated heterocycles. The topological polar surface area (TPSA) is 51.1 Å². The Hall–Kier alpha value is -3.42. The molecular weight excluding hydrogens is 388 g/mol. The first-order chi connectivity index (χ1) is 13.6. The molecule has 0 spiro atoms. The third-order valence-corrected chi connectivity index (χ3v) is 4.33. The highest BCUT2D eigenvalue weighted by molar-refractivity contribution is 6.04. The Morgan fingerprint density at radius 3 is 2.38 bits per heavy atom. The number of carbonyl (C=O) groups excluding carboxylic acids is 1. The summed E-state index contributed by atoms with van der Waals surface area (Å²) in [6.07, 6.45) is -3.01. The minimum absolute atomic E-state index is 0.00273. The van der Waals surface area contributed by atoms with E-state index < -0.39 is 29.0 Å². The molecule has 1 aromatic heterocycles. The van der Waals surface area contributed by atoms with Gasteiger partial charge in [0.25, 0.3) is 11.5 Å². The lowest BCUT2D eigenvalue weighted by atomic mass is 10.1. The molecule has 0 radical (unpaired) electrons. The van der Waals surface area contributed by atoms with Gasteiger partial charge in [-0.05, 0) is 54.4 Å². The van der Waals surface area contributed by atoms with E-state index in [1.165, 1.54) is 47.2 Å². The fourth-order valence-electron chi connectivity index (χ4n) is 2.70. The summed E-state index contributed by atoms with van der Waals surface area (Å²) < 4.78 is 52.8. The van der Waals surface area contributed by atoms with E-state index in [0.29, 0.717) is 11.1 Å². The highest BCUT2D eigenvalue weighted by atomic mass is 19.4. The molecule has 8 heteroatoms. The van der Waals surface area contributed by atoms with E-state index in [1.54, 1.807) is 6.92 Å². The molecule has 2 aromatic carbocycles. The lowest BCUT2D eigenvalue weighted by Gasteiger charge is -2.11. The van der Waals surface area contributed by atoms with E-state index in [1.807, 2.05) is 0 Å². The van der Waals surface area contributed by atoms with Gasteiger partial charge in [-0.15, -0.1) is 0 Å². The largest absolute Gasteiger partial charge is 0.416 e. The highest BCUT2D eigenvalue weighted by Gasteiger charge is 2.29. The van der Waals surface area contributed by atoms with Crippen LogP contribution in [0, 0.1) is 12.7 Å². The summed E-state index contributed by atoms with van der Waals surface area (Å²) in [5, 5.41) is 2.46. The van der Waals surface area contributed by atoms with E-state index in [-0.39, 0.29) is 17.8 Å². The van der Waals surface area contributed by atoms with Gasteiger partial charge in [0.05, 0.1) is 12.1 Å². The summed E-state index contributed by atoms with van der Waals surface area (Å²) in [7, 11) is 0. The lowest BCUT2D eigenvalue weighted by Crippen LogP contribution is -2.29. The van der Waals surface area contributed by atoms with Crippen molar-refractivity contribution in [3.8, 4) is 0 Å². The van der Waals surface area contributed by atoms with Crippen LogP contribution in [0.2, 0.25) is 0 Å². The molecule has 0 unspecified atom stereocenters. The van der Waals surface area contributed by atoms with Crippen molar-refractivity contribution < 1.29 is 22.4 Å². The molecule has 0 aliphatic rings. The second-order valence-electron chi connectivity index (χ2n) is 6.47. The van der Waals surface area contributed by atoms with Crippen molar-refractivity contribution >= 4 is 11.6 Å². The van der Waals surface area contributed by atoms with Gasteiger partial charge < -0.3 is 9.88 Å². The van der Waals surface area contributed by atoms with Gasteiger partial charge in [0, 0.05) is 11.9 Å². The first kappa shape index (κ1) is 20.3. The molecule has 4 nitrogen and oxygen atoms in total. The van der Waals surface area contributed by atoms with Gasteiger partial charge in [-0.1, -0.05) is 18.2 Å².